The largest absolute Gasteiger partial charge is 0.381 e. The molecule has 2 N–H and O–H groups in total. The van der Waals surface area contributed by atoms with Crippen LogP contribution in [0.2, 0.25) is 0 Å². The molecular weight excluding hydrogens is 376 g/mol. The predicted molar refractivity (Wildman–Crippen MR) is 117 cm³/mol. The minimum Gasteiger partial charge on any atom is -0.381 e. The molecule has 1 aromatic heterocycles. The van der Waals surface area contributed by atoms with Gasteiger partial charge in [0.15, 0.2) is 5.69 Å². The Hall–Kier alpha value is -3.25. The smallest absolute Gasteiger partial charge is 0.272 e. The average Bonchev–Trinajstić information content (AvgIpc) is 2.81. The first-order valence-corrected chi connectivity index (χ1v) is 10.3. The van der Waals surface area contributed by atoms with Crippen LogP contribution in [0.1, 0.15) is 41.9 Å². The zero-order chi connectivity index (χ0) is 20.8. The monoisotopic (exact) mass is 402 g/mol. The van der Waals surface area contributed by atoms with Crippen LogP contribution in [0.5, 0.6) is 0 Å². The van der Waals surface area contributed by atoms with Crippen LogP contribution < -0.4 is 10.6 Å². The number of anilines is 1. The van der Waals surface area contributed by atoms with Gasteiger partial charge in [-0.1, -0.05) is 54.6 Å². The maximum absolute atomic E-state index is 12.3. The highest BCUT2D eigenvalue weighted by atomic mass is 16.5. The van der Waals surface area contributed by atoms with Gasteiger partial charge in [0.2, 0.25) is 0 Å². The lowest BCUT2D eigenvalue weighted by atomic mass is 10.0. The van der Waals surface area contributed by atoms with Gasteiger partial charge in [-0.15, -0.1) is 10.2 Å². The lowest BCUT2D eigenvalue weighted by Gasteiger charge is -2.22. The van der Waals surface area contributed by atoms with Crippen LogP contribution in [0.3, 0.4) is 0 Å². The quantitative estimate of drug-likeness (QED) is 0.645. The van der Waals surface area contributed by atoms with E-state index in [1.165, 1.54) is 11.1 Å². The fourth-order valence-corrected chi connectivity index (χ4v) is 3.53. The molecule has 0 radical (unpaired) electrons. The fraction of sp³-hybridized carbons (Fsp3) is 0.292. The molecular formula is C24H26N4O2. The number of carbonyl (C=O) groups is 1. The van der Waals surface area contributed by atoms with Crippen LogP contribution in [-0.2, 0) is 4.74 Å². The summed E-state index contributed by atoms with van der Waals surface area (Å²) in [6.07, 6.45) is 1.67. The van der Waals surface area contributed by atoms with Crippen molar-refractivity contribution in [2.24, 2.45) is 0 Å². The highest BCUT2D eigenvalue weighted by Crippen LogP contribution is 2.23. The van der Waals surface area contributed by atoms with E-state index >= 15 is 0 Å². The maximum atomic E-state index is 12.3. The SMILES string of the molecule is CC(Nc1ccc(C(=O)NC2CCOCC2)nn1)c1ccc(-c2ccccc2)cc1. The molecule has 3 aromatic rings. The zero-order valence-electron chi connectivity index (χ0n) is 17.0. The summed E-state index contributed by atoms with van der Waals surface area (Å²) < 4.78 is 5.32. The minimum atomic E-state index is -0.189. The highest BCUT2D eigenvalue weighted by Gasteiger charge is 2.18. The van der Waals surface area contributed by atoms with Crippen LogP contribution in [0.15, 0.2) is 66.7 Å². The Balaban J connectivity index is 1.35. The molecule has 0 saturated carbocycles. The predicted octanol–water partition coefficient (Wildman–Crippen LogP) is 4.23. The van der Waals surface area contributed by atoms with Crippen molar-refractivity contribution in [2.75, 3.05) is 18.5 Å². The Labute approximate surface area is 176 Å². The van der Waals surface area contributed by atoms with Gasteiger partial charge in [0.25, 0.3) is 5.91 Å². The molecule has 4 rings (SSSR count). The summed E-state index contributed by atoms with van der Waals surface area (Å²) in [5.41, 5.74) is 3.86. The van der Waals surface area contributed by atoms with Crippen molar-refractivity contribution in [3.63, 3.8) is 0 Å². The standard InChI is InChI=1S/C24H26N4O2/c1-17(18-7-9-20(10-8-18)19-5-3-2-4-6-19)25-23-12-11-22(27-28-23)24(29)26-21-13-15-30-16-14-21/h2-12,17,21H,13-16H2,1H3,(H,25,28)(H,26,29). The number of hydrogen-bond donors (Lipinski definition) is 2. The number of nitrogens with one attached hydrogen (secondary N) is 2. The summed E-state index contributed by atoms with van der Waals surface area (Å²) in [6.45, 7) is 3.44. The van der Waals surface area contributed by atoms with Crippen molar-refractivity contribution in [3.05, 3.63) is 78.0 Å². The van der Waals surface area contributed by atoms with Crippen LogP contribution in [0.4, 0.5) is 5.82 Å². The van der Waals surface area contributed by atoms with E-state index in [0.717, 1.165) is 18.4 Å². The Bertz CT molecular complexity index is 953. The Morgan fingerprint density at radius 1 is 0.933 bits per heavy atom. The van der Waals surface area contributed by atoms with Gasteiger partial charge in [-0.2, -0.15) is 0 Å². The molecule has 1 unspecified atom stereocenters. The second-order valence-electron chi connectivity index (χ2n) is 7.52. The van der Waals surface area contributed by atoms with Gasteiger partial charge in [0, 0.05) is 25.3 Å². The van der Waals surface area contributed by atoms with E-state index in [4.69, 9.17) is 4.74 Å². The van der Waals surface area contributed by atoms with E-state index in [0.29, 0.717) is 24.7 Å². The number of hydrogen-bond acceptors (Lipinski definition) is 5. The van der Waals surface area contributed by atoms with Crippen LogP contribution >= 0.6 is 0 Å². The van der Waals surface area contributed by atoms with E-state index in [-0.39, 0.29) is 18.0 Å². The number of aromatic nitrogens is 2. The van der Waals surface area contributed by atoms with Crippen molar-refractivity contribution < 1.29 is 9.53 Å². The van der Waals surface area contributed by atoms with Crippen molar-refractivity contribution in [2.45, 2.75) is 31.8 Å². The molecule has 2 aromatic carbocycles. The van der Waals surface area contributed by atoms with E-state index in [1.807, 2.05) is 18.2 Å². The molecule has 1 saturated heterocycles. The van der Waals surface area contributed by atoms with E-state index < -0.39 is 0 Å². The van der Waals surface area contributed by atoms with E-state index in [2.05, 4.69) is 64.2 Å². The molecule has 0 aliphatic carbocycles. The fourth-order valence-electron chi connectivity index (χ4n) is 3.53. The van der Waals surface area contributed by atoms with Gasteiger partial charge >= 0.3 is 0 Å². The summed E-state index contributed by atoms with van der Waals surface area (Å²) in [4.78, 5) is 12.3. The second kappa shape index (κ2) is 9.50. The van der Waals surface area contributed by atoms with Crippen LogP contribution in [-0.4, -0.2) is 35.4 Å². The first kappa shape index (κ1) is 20.0. The molecule has 2 heterocycles. The van der Waals surface area contributed by atoms with Gasteiger partial charge in [0.1, 0.15) is 5.82 Å². The Morgan fingerprint density at radius 2 is 1.63 bits per heavy atom. The molecule has 0 spiro atoms. The summed E-state index contributed by atoms with van der Waals surface area (Å²) in [7, 11) is 0. The van der Waals surface area contributed by atoms with E-state index in [9.17, 15) is 4.79 Å². The zero-order valence-corrected chi connectivity index (χ0v) is 17.0. The molecule has 30 heavy (non-hydrogen) atoms. The first-order chi connectivity index (χ1) is 14.7. The third-order valence-corrected chi connectivity index (χ3v) is 5.34. The molecule has 1 fully saturated rings. The Kier molecular flexibility index (Phi) is 6.35. The normalized spacial score (nSPS) is 15.4. The average molecular weight is 402 g/mol. The van der Waals surface area contributed by atoms with Crippen molar-refractivity contribution >= 4 is 11.7 Å². The van der Waals surface area contributed by atoms with Gasteiger partial charge in [-0.25, -0.2) is 0 Å². The number of nitrogens with zero attached hydrogens (tertiary/aromatic N) is 2. The van der Waals surface area contributed by atoms with Crippen LogP contribution in [0, 0.1) is 0 Å². The second-order valence-corrected chi connectivity index (χ2v) is 7.52. The first-order valence-electron chi connectivity index (χ1n) is 10.3. The number of carbonyl (C=O) groups excluding carboxylic acids is 1. The van der Waals surface area contributed by atoms with Crippen molar-refractivity contribution in [1.82, 2.24) is 15.5 Å². The third-order valence-electron chi connectivity index (χ3n) is 5.34. The summed E-state index contributed by atoms with van der Waals surface area (Å²) in [6, 6.07) is 22.5. The lowest BCUT2D eigenvalue weighted by Crippen LogP contribution is -2.39. The van der Waals surface area contributed by atoms with Crippen LogP contribution in [0.25, 0.3) is 11.1 Å². The summed E-state index contributed by atoms with van der Waals surface area (Å²) in [5, 5.41) is 14.6. The number of rotatable bonds is 6. The van der Waals surface area contributed by atoms with E-state index in [1.54, 1.807) is 12.1 Å². The molecule has 1 atom stereocenters. The Morgan fingerprint density at radius 3 is 2.30 bits per heavy atom. The molecule has 1 aliphatic heterocycles. The van der Waals surface area contributed by atoms with Gasteiger partial charge < -0.3 is 15.4 Å². The summed E-state index contributed by atoms with van der Waals surface area (Å²) in [5.74, 6) is 0.447. The molecule has 1 aliphatic rings. The molecule has 6 heteroatoms. The number of ether oxygens (including phenoxy) is 1. The lowest BCUT2D eigenvalue weighted by molar-refractivity contribution is 0.0693. The number of benzene rings is 2. The number of amides is 1. The molecule has 6 nitrogen and oxygen atoms in total. The van der Waals surface area contributed by atoms with Gasteiger partial charge in [-0.3, -0.25) is 4.79 Å². The van der Waals surface area contributed by atoms with Gasteiger partial charge in [0.05, 0.1) is 0 Å². The highest BCUT2D eigenvalue weighted by molar-refractivity contribution is 5.92. The minimum absolute atomic E-state index is 0.0611. The molecule has 154 valence electrons. The third kappa shape index (κ3) is 5.02. The maximum Gasteiger partial charge on any atom is 0.272 e. The summed E-state index contributed by atoms with van der Waals surface area (Å²) >= 11 is 0. The van der Waals surface area contributed by atoms with Crippen molar-refractivity contribution in [1.29, 1.82) is 0 Å². The topological polar surface area (TPSA) is 76.1 Å². The molecule has 0 bridgehead atoms. The van der Waals surface area contributed by atoms with Gasteiger partial charge in [-0.05, 0) is 48.6 Å². The van der Waals surface area contributed by atoms with Crippen molar-refractivity contribution in [3.8, 4) is 11.1 Å². The molecule has 1 amide bonds.